The molecule has 1 amide bonds. The average Bonchev–Trinajstić information content (AvgIpc) is 3.25. The first-order chi connectivity index (χ1) is 13.7. The number of hydrogen-bond donors (Lipinski definition) is 3. The molecule has 0 aliphatic rings. The minimum absolute atomic E-state index is 0.195. The third-order valence-corrected chi connectivity index (χ3v) is 4.03. The van der Waals surface area contributed by atoms with E-state index in [0.29, 0.717) is 34.2 Å². The van der Waals surface area contributed by atoms with Gasteiger partial charge in [-0.1, -0.05) is 0 Å². The molecule has 2 aromatic heterocycles. The third kappa shape index (κ3) is 3.99. The van der Waals surface area contributed by atoms with E-state index in [1.165, 1.54) is 6.33 Å². The van der Waals surface area contributed by atoms with Gasteiger partial charge in [-0.2, -0.15) is 0 Å². The number of nitrogens with zero attached hydrogens (tertiary/aromatic N) is 2. The standard InChI is InChI=1S/C21H17N5O2/c22-15-5-3-14(4-6-15)21(27)26-17-9-7-16(8-10-17)25-20-12-18(23-13-24-20)19-2-1-11-28-19/h1-13H,22H2,(H,26,27)(H,23,24,25). The van der Waals surface area contributed by atoms with E-state index in [1.807, 2.05) is 36.4 Å². The van der Waals surface area contributed by atoms with Crippen molar-refractivity contribution in [2.45, 2.75) is 0 Å². The first kappa shape index (κ1) is 17.3. The van der Waals surface area contributed by atoms with Gasteiger partial charge in [-0.05, 0) is 60.7 Å². The molecule has 0 atom stereocenters. The summed E-state index contributed by atoms with van der Waals surface area (Å²) in [7, 11) is 0. The van der Waals surface area contributed by atoms with Crippen LogP contribution in [-0.4, -0.2) is 15.9 Å². The zero-order valence-corrected chi connectivity index (χ0v) is 14.8. The summed E-state index contributed by atoms with van der Waals surface area (Å²) in [5.41, 5.74) is 9.01. The van der Waals surface area contributed by atoms with Gasteiger partial charge in [-0.15, -0.1) is 0 Å². The Balaban J connectivity index is 1.43. The Hall–Kier alpha value is -4.13. The highest BCUT2D eigenvalue weighted by Gasteiger charge is 2.07. The molecular formula is C21H17N5O2. The summed E-state index contributed by atoms with van der Waals surface area (Å²) in [4.78, 5) is 20.7. The van der Waals surface area contributed by atoms with Crippen molar-refractivity contribution >= 4 is 28.8 Å². The number of furan rings is 1. The molecule has 0 bridgehead atoms. The Bertz CT molecular complexity index is 1070. The maximum atomic E-state index is 12.3. The SMILES string of the molecule is Nc1ccc(C(=O)Nc2ccc(Nc3cc(-c4ccco4)ncn3)cc2)cc1. The average molecular weight is 371 g/mol. The molecule has 2 aromatic carbocycles. The van der Waals surface area contributed by atoms with E-state index in [1.54, 1.807) is 36.6 Å². The summed E-state index contributed by atoms with van der Waals surface area (Å²) in [5.74, 6) is 1.12. The van der Waals surface area contributed by atoms with Crippen molar-refractivity contribution in [1.29, 1.82) is 0 Å². The van der Waals surface area contributed by atoms with Crippen molar-refractivity contribution in [3.05, 3.63) is 84.9 Å². The number of rotatable bonds is 5. The van der Waals surface area contributed by atoms with Gasteiger partial charge in [-0.25, -0.2) is 9.97 Å². The first-order valence-electron chi connectivity index (χ1n) is 8.57. The van der Waals surface area contributed by atoms with Crippen LogP contribution in [0, 0.1) is 0 Å². The van der Waals surface area contributed by atoms with Crippen LogP contribution in [0.2, 0.25) is 0 Å². The minimum Gasteiger partial charge on any atom is -0.463 e. The van der Waals surface area contributed by atoms with Gasteiger partial charge in [0.1, 0.15) is 17.8 Å². The van der Waals surface area contributed by atoms with Crippen LogP contribution < -0.4 is 16.4 Å². The summed E-state index contributed by atoms with van der Waals surface area (Å²) < 4.78 is 5.36. The van der Waals surface area contributed by atoms with Crippen molar-refractivity contribution < 1.29 is 9.21 Å². The van der Waals surface area contributed by atoms with Crippen LogP contribution in [0.15, 0.2) is 83.7 Å². The molecule has 7 heteroatoms. The number of nitrogen functional groups attached to an aromatic ring is 1. The number of aromatic nitrogens is 2. The minimum atomic E-state index is -0.195. The van der Waals surface area contributed by atoms with Gasteiger partial charge in [0.05, 0.1) is 6.26 Å². The molecule has 7 nitrogen and oxygen atoms in total. The van der Waals surface area contributed by atoms with Crippen LogP contribution in [0.3, 0.4) is 0 Å². The molecule has 138 valence electrons. The van der Waals surface area contributed by atoms with Crippen LogP contribution in [0.25, 0.3) is 11.5 Å². The highest BCUT2D eigenvalue weighted by molar-refractivity contribution is 6.04. The number of nitrogens with two attached hydrogens (primary N) is 1. The lowest BCUT2D eigenvalue weighted by molar-refractivity contribution is 0.102. The Labute approximate surface area is 161 Å². The zero-order valence-electron chi connectivity index (χ0n) is 14.8. The quantitative estimate of drug-likeness (QED) is 0.451. The monoisotopic (exact) mass is 371 g/mol. The van der Waals surface area contributed by atoms with E-state index in [2.05, 4.69) is 20.6 Å². The normalized spacial score (nSPS) is 10.4. The lowest BCUT2D eigenvalue weighted by Crippen LogP contribution is -2.11. The fourth-order valence-corrected chi connectivity index (χ4v) is 2.61. The molecule has 0 unspecified atom stereocenters. The predicted octanol–water partition coefficient (Wildman–Crippen LogP) is 4.31. The van der Waals surface area contributed by atoms with E-state index >= 15 is 0 Å². The molecular weight excluding hydrogens is 354 g/mol. The van der Waals surface area contributed by atoms with Crippen molar-refractivity contribution in [3.8, 4) is 11.5 Å². The van der Waals surface area contributed by atoms with Gasteiger partial charge in [0.2, 0.25) is 0 Å². The number of hydrogen-bond acceptors (Lipinski definition) is 6. The second kappa shape index (κ2) is 7.63. The maximum absolute atomic E-state index is 12.3. The molecule has 28 heavy (non-hydrogen) atoms. The van der Waals surface area contributed by atoms with Crippen LogP contribution in [0.4, 0.5) is 22.9 Å². The number of nitrogens with one attached hydrogen (secondary N) is 2. The van der Waals surface area contributed by atoms with E-state index in [9.17, 15) is 4.79 Å². The highest BCUT2D eigenvalue weighted by Crippen LogP contribution is 2.22. The number of carbonyl (C=O) groups excluding carboxylic acids is 1. The highest BCUT2D eigenvalue weighted by atomic mass is 16.3. The molecule has 0 aliphatic carbocycles. The molecule has 0 saturated heterocycles. The molecule has 2 heterocycles. The van der Waals surface area contributed by atoms with Crippen LogP contribution in [0.5, 0.6) is 0 Å². The summed E-state index contributed by atoms with van der Waals surface area (Å²) in [6.07, 6.45) is 3.07. The van der Waals surface area contributed by atoms with E-state index in [-0.39, 0.29) is 5.91 Å². The zero-order chi connectivity index (χ0) is 19.3. The second-order valence-corrected chi connectivity index (χ2v) is 6.04. The van der Waals surface area contributed by atoms with E-state index < -0.39 is 0 Å². The number of amides is 1. The Kier molecular flexibility index (Phi) is 4.71. The van der Waals surface area contributed by atoms with E-state index in [4.69, 9.17) is 10.2 Å². The van der Waals surface area contributed by atoms with Gasteiger partial charge in [0.25, 0.3) is 5.91 Å². The Morgan fingerprint density at radius 1 is 0.929 bits per heavy atom. The molecule has 0 fully saturated rings. The number of anilines is 4. The third-order valence-electron chi connectivity index (χ3n) is 4.03. The lowest BCUT2D eigenvalue weighted by atomic mass is 10.2. The van der Waals surface area contributed by atoms with Crippen molar-refractivity contribution in [1.82, 2.24) is 9.97 Å². The largest absolute Gasteiger partial charge is 0.463 e. The predicted molar refractivity (Wildman–Crippen MR) is 108 cm³/mol. The Morgan fingerprint density at radius 3 is 2.39 bits per heavy atom. The van der Waals surface area contributed by atoms with E-state index in [0.717, 1.165) is 5.69 Å². The first-order valence-corrected chi connectivity index (χ1v) is 8.57. The fraction of sp³-hybridized carbons (Fsp3) is 0. The van der Waals surface area contributed by atoms with Crippen molar-refractivity contribution in [3.63, 3.8) is 0 Å². The van der Waals surface area contributed by atoms with Gasteiger partial charge in [0, 0.05) is 28.7 Å². The maximum Gasteiger partial charge on any atom is 0.255 e. The molecule has 0 spiro atoms. The van der Waals surface area contributed by atoms with Gasteiger partial charge in [0.15, 0.2) is 5.76 Å². The van der Waals surface area contributed by atoms with Gasteiger partial charge >= 0.3 is 0 Å². The fourth-order valence-electron chi connectivity index (χ4n) is 2.61. The number of benzene rings is 2. The molecule has 4 aromatic rings. The molecule has 0 saturated carbocycles. The Morgan fingerprint density at radius 2 is 1.68 bits per heavy atom. The lowest BCUT2D eigenvalue weighted by Gasteiger charge is -2.09. The summed E-state index contributed by atoms with van der Waals surface area (Å²) in [6, 6.07) is 19.5. The van der Waals surface area contributed by atoms with Gasteiger partial charge < -0.3 is 20.8 Å². The molecule has 4 N–H and O–H groups in total. The molecule has 4 rings (SSSR count). The molecule has 0 aliphatic heterocycles. The smallest absolute Gasteiger partial charge is 0.255 e. The topological polar surface area (TPSA) is 106 Å². The second-order valence-electron chi connectivity index (χ2n) is 6.04. The number of carbonyl (C=O) groups is 1. The summed E-state index contributed by atoms with van der Waals surface area (Å²) >= 11 is 0. The van der Waals surface area contributed by atoms with Crippen molar-refractivity contribution in [2.24, 2.45) is 0 Å². The van der Waals surface area contributed by atoms with Crippen LogP contribution >= 0.6 is 0 Å². The van der Waals surface area contributed by atoms with Gasteiger partial charge in [-0.3, -0.25) is 4.79 Å². The summed E-state index contributed by atoms with van der Waals surface area (Å²) in [5, 5.41) is 6.06. The van der Waals surface area contributed by atoms with Crippen molar-refractivity contribution in [2.75, 3.05) is 16.4 Å². The molecule has 0 radical (unpaired) electrons. The summed E-state index contributed by atoms with van der Waals surface area (Å²) in [6.45, 7) is 0. The van der Waals surface area contributed by atoms with Crippen LogP contribution in [-0.2, 0) is 0 Å². The van der Waals surface area contributed by atoms with Crippen LogP contribution in [0.1, 0.15) is 10.4 Å².